The molecule has 2 aromatic rings. The first-order valence-electron chi connectivity index (χ1n) is 5.01. The Balaban J connectivity index is 2.59. The molecule has 0 radical (unpaired) electrons. The van der Waals surface area contributed by atoms with Crippen molar-refractivity contribution in [2.75, 3.05) is 14.2 Å². The fourth-order valence-corrected chi connectivity index (χ4v) is 3.22. The maximum Gasteiger partial charge on any atom is 0.128 e. The van der Waals surface area contributed by atoms with Crippen LogP contribution in [0.1, 0.15) is 5.01 Å². The Bertz CT molecular complexity index is 539. The normalized spacial score (nSPS) is 10.4. The van der Waals surface area contributed by atoms with Crippen LogP contribution in [0.4, 0.5) is 0 Å². The van der Waals surface area contributed by atoms with Crippen LogP contribution in [0, 0.1) is 6.92 Å². The maximum atomic E-state index is 5.35. The molecule has 0 saturated heterocycles. The average Bonchev–Trinajstić information content (AvgIpc) is 2.67. The van der Waals surface area contributed by atoms with Crippen molar-refractivity contribution in [2.24, 2.45) is 0 Å². The topological polar surface area (TPSA) is 31.4 Å². The molecule has 3 nitrogen and oxygen atoms in total. The van der Waals surface area contributed by atoms with Gasteiger partial charge in [0, 0.05) is 5.56 Å². The van der Waals surface area contributed by atoms with Gasteiger partial charge in [-0.2, -0.15) is 0 Å². The number of thiazole rings is 1. The number of aromatic nitrogens is 1. The van der Waals surface area contributed by atoms with E-state index in [1.54, 1.807) is 25.6 Å². The molecule has 0 aliphatic carbocycles. The van der Waals surface area contributed by atoms with Gasteiger partial charge in [0.1, 0.15) is 11.5 Å². The summed E-state index contributed by atoms with van der Waals surface area (Å²) in [5, 5.41) is 1.01. The Morgan fingerprint density at radius 1 is 1.24 bits per heavy atom. The van der Waals surface area contributed by atoms with Crippen molar-refractivity contribution in [1.29, 1.82) is 0 Å². The van der Waals surface area contributed by atoms with E-state index in [0.717, 1.165) is 31.6 Å². The molecule has 0 aliphatic heterocycles. The van der Waals surface area contributed by atoms with Gasteiger partial charge in [0.05, 0.1) is 28.7 Å². The van der Waals surface area contributed by atoms with Gasteiger partial charge >= 0.3 is 0 Å². The molecule has 0 fully saturated rings. The van der Waals surface area contributed by atoms with E-state index in [1.165, 1.54) is 0 Å². The summed E-state index contributed by atoms with van der Waals surface area (Å²) in [6, 6.07) is 5.68. The van der Waals surface area contributed by atoms with Gasteiger partial charge in [-0.25, -0.2) is 4.98 Å². The number of aryl methyl sites for hydroxylation is 1. The molecular formula is C12H12BrNO2S. The first kappa shape index (κ1) is 12.4. The summed E-state index contributed by atoms with van der Waals surface area (Å²) in [5.41, 5.74) is 1.83. The fraction of sp³-hybridized carbons (Fsp3) is 0.250. The van der Waals surface area contributed by atoms with Gasteiger partial charge in [-0.1, -0.05) is 0 Å². The van der Waals surface area contributed by atoms with E-state index in [2.05, 4.69) is 20.9 Å². The van der Waals surface area contributed by atoms with E-state index < -0.39 is 0 Å². The van der Waals surface area contributed by atoms with Gasteiger partial charge in [-0.05, 0) is 41.1 Å². The van der Waals surface area contributed by atoms with E-state index in [1.807, 2.05) is 25.1 Å². The molecule has 0 amide bonds. The first-order chi connectivity index (χ1) is 8.15. The van der Waals surface area contributed by atoms with Crippen LogP contribution in [0.5, 0.6) is 11.5 Å². The van der Waals surface area contributed by atoms with Crippen LogP contribution in [0.3, 0.4) is 0 Å². The lowest BCUT2D eigenvalue weighted by atomic mass is 10.1. The van der Waals surface area contributed by atoms with Gasteiger partial charge in [0.25, 0.3) is 0 Å². The highest BCUT2D eigenvalue weighted by atomic mass is 79.9. The highest BCUT2D eigenvalue weighted by Crippen LogP contribution is 2.39. The smallest absolute Gasteiger partial charge is 0.128 e. The van der Waals surface area contributed by atoms with E-state index >= 15 is 0 Å². The predicted molar refractivity (Wildman–Crippen MR) is 73.1 cm³/mol. The Hall–Kier alpha value is -1.07. The summed E-state index contributed by atoms with van der Waals surface area (Å²) >= 11 is 5.13. The molecule has 1 aromatic heterocycles. The number of halogens is 1. The predicted octanol–water partition coefficient (Wildman–Crippen LogP) is 3.90. The number of methoxy groups -OCH3 is 2. The minimum Gasteiger partial charge on any atom is -0.497 e. The van der Waals surface area contributed by atoms with Crippen LogP contribution in [0.25, 0.3) is 11.3 Å². The number of nitrogens with zero attached hydrogens (tertiary/aromatic N) is 1. The van der Waals surface area contributed by atoms with E-state index in [-0.39, 0.29) is 0 Å². The number of rotatable bonds is 3. The van der Waals surface area contributed by atoms with Crippen LogP contribution in [0.15, 0.2) is 22.0 Å². The number of ether oxygens (including phenoxy) is 2. The van der Waals surface area contributed by atoms with Crippen molar-refractivity contribution >= 4 is 27.3 Å². The Kier molecular flexibility index (Phi) is 3.69. The zero-order chi connectivity index (χ0) is 12.4. The quantitative estimate of drug-likeness (QED) is 0.861. The monoisotopic (exact) mass is 313 g/mol. The summed E-state index contributed by atoms with van der Waals surface area (Å²) in [5.74, 6) is 1.58. The second-order valence-electron chi connectivity index (χ2n) is 3.42. The summed E-state index contributed by atoms with van der Waals surface area (Å²) in [4.78, 5) is 4.50. The molecule has 17 heavy (non-hydrogen) atoms. The molecule has 0 bridgehead atoms. The molecular weight excluding hydrogens is 302 g/mol. The van der Waals surface area contributed by atoms with E-state index in [9.17, 15) is 0 Å². The molecule has 2 rings (SSSR count). The Labute approximate surface area is 113 Å². The van der Waals surface area contributed by atoms with Gasteiger partial charge in [-0.3, -0.25) is 0 Å². The zero-order valence-electron chi connectivity index (χ0n) is 9.78. The van der Waals surface area contributed by atoms with E-state index in [4.69, 9.17) is 9.47 Å². The number of hydrogen-bond acceptors (Lipinski definition) is 4. The summed E-state index contributed by atoms with van der Waals surface area (Å²) in [6.45, 7) is 1.98. The van der Waals surface area contributed by atoms with Crippen molar-refractivity contribution in [3.63, 3.8) is 0 Å². The maximum absolute atomic E-state index is 5.35. The van der Waals surface area contributed by atoms with Gasteiger partial charge in [-0.15, -0.1) is 11.3 Å². The third-order valence-corrected chi connectivity index (χ3v) is 3.97. The Morgan fingerprint density at radius 2 is 2.00 bits per heavy atom. The van der Waals surface area contributed by atoms with Crippen LogP contribution in [0.2, 0.25) is 0 Å². The van der Waals surface area contributed by atoms with Crippen molar-refractivity contribution in [3.8, 4) is 22.8 Å². The van der Waals surface area contributed by atoms with Gasteiger partial charge < -0.3 is 9.47 Å². The largest absolute Gasteiger partial charge is 0.497 e. The van der Waals surface area contributed by atoms with Crippen molar-refractivity contribution in [2.45, 2.75) is 6.92 Å². The molecule has 1 aromatic carbocycles. The van der Waals surface area contributed by atoms with Gasteiger partial charge in [0.15, 0.2) is 0 Å². The highest BCUT2D eigenvalue weighted by Gasteiger charge is 2.14. The molecule has 1 heterocycles. The van der Waals surface area contributed by atoms with Crippen molar-refractivity contribution in [1.82, 2.24) is 4.98 Å². The molecule has 0 saturated carbocycles. The average molecular weight is 314 g/mol. The molecule has 0 spiro atoms. The van der Waals surface area contributed by atoms with E-state index in [0.29, 0.717) is 0 Å². The molecule has 0 unspecified atom stereocenters. The first-order valence-corrected chi connectivity index (χ1v) is 6.62. The second-order valence-corrected chi connectivity index (χ2v) is 5.94. The minimum atomic E-state index is 0.789. The lowest BCUT2D eigenvalue weighted by Gasteiger charge is -2.08. The second kappa shape index (κ2) is 5.06. The van der Waals surface area contributed by atoms with Crippen molar-refractivity contribution < 1.29 is 9.47 Å². The number of benzene rings is 1. The fourth-order valence-electron chi connectivity index (χ4n) is 1.57. The minimum absolute atomic E-state index is 0.789. The zero-order valence-corrected chi connectivity index (χ0v) is 12.2. The van der Waals surface area contributed by atoms with Crippen LogP contribution < -0.4 is 9.47 Å². The number of hydrogen-bond donors (Lipinski definition) is 0. The molecule has 0 N–H and O–H groups in total. The third kappa shape index (κ3) is 2.45. The van der Waals surface area contributed by atoms with Gasteiger partial charge in [0.2, 0.25) is 0 Å². The third-order valence-electron chi connectivity index (χ3n) is 2.35. The lowest BCUT2D eigenvalue weighted by molar-refractivity contribution is 0.404. The highest BCUT2D eigenvalue weighted by molar-refractivity contribution is 9.11. The Morgan fingerprint density at radius 3 is 2.53 bits per heavy atom. The van der Waals surface area contributed by atoms with Crippen LogP contribution >= 0.6 is 27.3 Å². The summed E-state index contributed by atoms with van der Waals surface area (Å²) in [6.07, 6.45) is 0. The van der Waals surface area contributed by atoms with Crippen molar-refractivity contribution in [3.05, 3.63) is 27.0 Å². The van der Waals surface area contributed by atoms with Crippen LogP contribution in [-0.4, -0.2) is 19.2 Å². The SMILES string of the molecule is COc1ccc(OC)c(-c2nc(C)sc2Br)c1. The summed E-state index contributed by atoms with van der Waals surface area (Å²) in [7, 11) is 3.30. The van der Waals surface area contributed by atoms with Crippen LogP contribution in [-0.2, 0) is 0 Å². The lowest BCUT2D eigenvalue weighted by Crippen LogP contribution is -1.91. The molecule has 90 valence electrons. The summed E-state index contributed by atoms with van der Waals surface area (Å²) < 4.78 is 11.6. The molecule has 0 aliphatic rings. The molecule has 5 heteroatoms. The molecule has 0 atom stereocenters. The standard InChI is InChI=1S/C12H12BrNO2S/c1-7-14-11(12(13)17-7)9-6-8(15-2)4-5-10(9)16-3/h4-6H,1-3H3.